The lowest BCUT2D eigenvalue weighted by atomic mass is 10.1. The first-order chi connectivity index (χ1) is 14.9. The fourth-order valence-electron chi connectivity index (χ4n) is 3.80. The Labute approximate surface area is 176 Å². The molecule has 0 aliphatic carbocycles. The van der Waals surface area contributed by atoms with Gasteiger partial charge < -0.3 is 4.42 Å². The first-order valence-corrected chi connectivity index (χ1v) is 11.0. The topological polar surface area (TPSA) is 89.2 Å². The molecule has 0 amide bonds. The van der Waals surface area contributed by atoms with Crippen LogP contribution in [0.3, 0.4) is 0 Å². The number of sulfonamides is 1. The number of pyridine rings is 1. The van der Waals surface area contributed by atoms with Crippen molar-refractivity contribution < 1.29 is 21.6 Å². The molecule has 1 aliphatic rings. The molecular formula is C21H16F2N4O3S. The maximum atomic E-state index is 13.6. The molecule has 0 N–H and O–H groups in total. The highest BCUT2D eigenvalue weighted by Crippen LogP contribution is 2.37. The minimum absolute atomic E-state index is 0.133. The molecule has 4 aromatic rings. The van der Waals surface area contributed by atoms with E-state index in [0.717, 1.165) is 22.9 Å². The standard InChI is InChI=1S/C21H16F2N4O3S/c22-16-8-7-14(12-17(16)23)31(28,29)27-11-3-6-18(27)20-25-26-21(30-20)19-15-5-2-1-4-13(15)9-10-24-19/h1-2,4-5,7-10,12,18H,3,6,11H2/t18-/m1/s1. The van der Waals surface area contributed by atoms with Gasteiger partial charge in [0.1, 0.15) is 11.7 Å². The summed E-state index contributed by atoms with van der Waals surface area (Å²) in [6.07, 6.45) is 2.67. The second kappa shape index (κ2) is 7.47. The van der Waals surface area contributed by atoms with Crippen LogP contribution in [0, 0.1) is 11.6 Å². The molecule has 7 nitrogen and oxygen atoms in total. The van der Waals surface area contributed by atoms with E-state index in [0.29, 0.717) is 24.6 Å². The zero-order valence-corrected chi connectivity index (χ0v) is 16.9. The Hall–Kier alpha value is -3.24. The Bertz CT molecular complexity index is 1390. The number of nitrogens with zero attached hydrogens (tertiary/aromatic N) is 4. The summed E-state index contributed by atoms with van der Waals surface area (Å²) in [5.74, 6) is -2.02. The van der Waals surface area contributed by atoms with Crippen LogP contribution in [0.5, 0.6) is 0 Å². The van der Waals surface area contributed by atoms with Crippen molar-refractivity contribution in [3.8, 4) is 11.6 Å². The number of hydrogen-bond donors (Lipinski definition) is 0. The van der Waals surface area contributed by atoms with E-state index in [-0.39, 0.29) is 23.2 Å². The summed E-state index contributed by atoms with van der Waals surface area (Å²) in [5, 5.41) is 9.95. The molecule has 0 unspecified atom stereocenters. The zero-order valence-electron chi connectivity index (χ0n) is 16.1. The van der Waals surface area contributed by atoms with E-state index < -0.39 is 27.7 Å². The van der Waals surface area contributed by atoms with Crippen LogP contribution in [0.4, 0.5) is 8.78 Å². The Morgan fingerprint density at radius 3 is 2.71 bits per heavy atom. The van der Waals surface area contributed by atoms with E-state index in [1.165, 1.54) is 4.31 Å². The number of hydrogen-bond acceptors (Lipinski definition) is 6. The first kappa shape index (κ1) is 19.7. The Kier molecular flexibility index (Phi) is 4.75. The van der Waals surface area contributed by atoms with Crippen molar-refractivity contribution >= 4 is 20.8 Å². The summed E-state index contributed by atoms with van der Waals surface area (Å²) < 4.78 is 60.1. The predicted octanol–water partition coefficient (Wildman–Crippen LogP) is 4.09. The van der Waals surface area contributed by atoms with Crippen LogP contribution in [-0.4, -0.2) is 34.4 Å². The highest BCUT2D eigenvalue weighted by atomic mass is 32.2. The molecule has 0 radical (unpaired) electrons. The van der Waals surface area contributed by atoms with Crippen molar-refractivity contribution in [3.63, 3.8) is 0 Å². The summed E-state index contributed by atoms with van der Waals surface area (Å²) in [7, 11) is -4.08. The van der Waals surface area contributed by atoms with Gasteiger partial charge >= 0.3 is 0 Å². The van der Waals surface area contributed by atoms with Gasteiger partial charge in [-0.1, -0.05) is 24.3 Å². The molecule has 1 aliphatic heterocycles. The van der Waals surface area contributed by atoms with E-state index in [4.69, 9.17) is 4.42 Å². The van der Waals surface area contributed by atoms with Crippen molar-refractivity contribution in [2.24, 2.45) is 0 Å². The Morgan fingerprint density at radius 2 is 1.87 bits per heavy atom. The van der Waals surface area contributed by atoms with E-state index in [1.54, 1.807) is 6.20 Å². The normalized spacial score (nSPS) is 17.4. The molecule has 10 heteroatoms. The van der Waals surface area contributed by atoms with Gasteiger partial charge in [-0.3, -0.25) is 4.98 Å². The van der Waals surface area contributed by atoms with Gasteiger partial charge in [0.25, 0.3) is 5.89 Å². The zero-order chi connectivity index (χ0) is 21.6. The van der Waals surface area contributed by atoms with Crippen LogP contribution < -0.4 is 0 Å². The number of fused-ring (bicyclic) bond motifs is 1. The predicted molar refractivity (Wildman–Crippen MR) is 107 cm³/mol. The number of aromatic nitrogens is 3. The van der Waals surface area contributed by atoms with Crippen LogP contribution in [0.1, 0.15) is 24.8 Å². The number of rotatable bonds is 4. The minimum atomic E-state index is -4.08. The van der Waals surface area contributed by atoms with Gasteiger partial charge in [0.05, 0.1) is 4.90 Å². The van der Waals surface area contributed by atoms with Crippen LogP contribution in [0.15, 0.2) is 64.0 Å². The third-order valence-corrected chi connectivity index (χ3v) is 7.21. The molecule has 31 heavy (non-hydrogen) atoms. The van der Waals surface area contributed by atoms with Gasteiger partial charge in [0.2, 0.25) is 15.9 Å². The lowest BCUT2D eigenvalue weighted by molar-refractivity contribution is 0.332. The van der Waals surface area contributed by atoms with Gasteiger partial charge in [0.15, 0.2) is 11.6 Å². The minimum Gasteiger partial charge on any atom is -0.417 e. The van der Waals surface area contributed by atoms with Crippen molar-refractivity contribution in [1.29, 1.82) is 0 Å². The molecule has 0 saturated carbocycles. The molecule has 158 valence electrons. The number of benzene rings is 2. The largest absolute Gasteiger partial charge is 0.417 e. The van der Waals surface area contributed by atoms with Crippen molar-refractivity contribution in [2.75, 3.05) is 6.54 Å². The molecular weight excluding hydrogens is 426 g/mol. The van der Waals surface area contributed by atoms with Gasteiger partial charge in [-0.25, -0.2) is 17.2 Å². The van der Waals surface area contributed by atoms with Crippen molar-refractivity contribution in [3.05, 3.63) is 72.3 Å². The van der Waals surface area contributed by atoms with Crippen molar-refractivity contribution in [1.82, 2.24) is 19.5 Å². The third kappa shape index (κ3) is 3.37. The highest BCUT2D eigenvalue weighted by Gasteiger charge is 2.39. The van der Waals surface area contributed by atoms with E-state index >= 15 is 0 Å². The maximum absolute atomic E-state index is 13.6. The second-order valence-electron chi connectivity index (χ2n) is 7.18. The van der Waals surface area contributed by atoms with E-state index in [1.807, 2.05) is 30.3 Å². The fraction of sp³-hybridized carbons (Fsp3) is 0.190. The number of halogens is 2. The molecule has 5 rings (SSSR count). The lowest BCUT2D eigenvalue weighted by Gasteiger charge is -2.21. The summed E-state index contributed by atoms with van der Waals surface area (Å²) in [6, 6.07) is 11.3. The maximum Gasteiger partial charge on any atom is 0.266 e. The first-order valence-electron chi connectivity index (χ1n) is 9.59. The summed E-state index contributed by atoms with van der Waals surface area (Å²) >= 11 is 0. The van der Waals surface area contributed by atoms with Gasteiger partial charge in [-0.05, 0) is 42.5 Å². The van der Waals surface area contributed by atoms with Gasteiger partial charge in [-0.15, -0.1) is 10.2 Å². The van der Waals surface area contributed by atoms with Crippen molar-refractivity contribution in [2.45, 2.75) is 23.8 Å². The van der Waals surface area contributed by atoms with E-state index in [2.05, 4.69) is 15.2 Å². The molecule has 0 bridgehead atoms. The van der Waals surface area contributed by atoms with Crippen LogP contribution in [0.25, 0.3) is 22.4 Å². The second-order valence-corrected chi connectivity index (χ2v) is 9.07. The quantitative estimate of drug-likeness (QED) is 0.473. The molecule has 1 atom stereocenters. The Morgan fingerprint density at radius 1 is 1.03 bits per heavy atom. The average Bonchev–Trinajstić information content (AvgIpc) is 3.45. The van der Waals surface area contributed by atoms with E-state index in [9.17, 15) is 17.2 Å². The average molecular weight is 442 g/mol. The molecule has 1 fully saturated rings. The molecule has 1 saturated heterocycles. The third-order valence-electron chi connectivity index (χ3n) is 5.30. The lowest BCUT2D eigenvalue weighted by Crippen LogP contribution is -2.31. The Balaban J connectivity index is 1.51. The summed E-state index contributed by atoms with van der Waals surface area (Å²) in [4.78, 5) is 4.02. The molecule has 0 spiro atoms. The van der Waals surface area contributed by atoms with Gasteiger partial charge in [-0.2, -0.15) is 4.31 Å². The SMILES string of the molecule is O=S(=O)(c1ccc(F)c(F)c1)N1CCC[C@@H]1c1nnc(-c2nccc3ccccc23)o1. The van der Waals surface area contributed by atoms with Crippen LogP contribution in [0.2, 0.25) is 0 Å². The van der Waals surface area contributed by atoms with Crippen LogP contribution in [-0.2, 0) is 10.0 Å². The monoisotopic (exact) mass is 442 g/mol. The molecule has 3 heterocycles. The summed E-state index contributed by atoms with van der Waals surface area (Å²) in [5.41, 5.74) is 0.504. The van der Waals surface area contributed by atoms with Gasteiger partial charge in [0, 0.05) is 18.1 Å². The molecule has 2 aromatic heterocycles. The molecule has 2 aromatic carbocycles. The van der Waals surface area contributed by atoms with Crippen LogP contribution >= 0.6 is 0 Å². The highest BCUT2D eigenvalue weighted by molar-refractivity contribution is 7.89. The smallest absolute Gasteiger partial charge is 0.266 e. The summed E-state index contributed by atoms with van der Waals surface area (Å²) in [6.45, 7) is 0.205. The fourth-order valence-corrected chi connectivity index (χ4v) is 5.47.